The molecule has 0 aromatic rings. The van der Waals surface area contributed by atoms with Gasteiger partial charge in [-0.15, -0.1) is 0 Å². The SMILES string of the molecule is COC1(C)OC[C@H]([C@@H](O)[C@H](O)[C@H]2COC(C)(C)C(C)(OC)O2)OC1(C)C. The lowest BCUT2D eigenvalue weighted by atomic mass is 9.92. The Balaban J connectivity index is 2.07. The van der Waals surface area contributed by atoms with Crippen molar-refractivity contribution in [2.45, 2.75) is 88.7 Å². The Labute approximate surface area is 155 Å². The zero-order valence-electron chi connectivity index (χ0n) is 17.1. The van der Waals surface area contributed by atoms with Crippen LogP contribution in [0.4, 0.5) is 0 Å². The minimum absolute atomic E-state index is 0.0760. The fraction of sp³-hybridized carbons (Fsp3) is 1.00. The van der Waals surface area contributed by atoms with Crippen LogP contribution in [0.5, 0.6) is 0 Å². The van der Waals surface area contributed by atoms with Gasteiger partial charge >= 0.3 is 0 Å². The van der Waals surface area contributed by atoms with E-state index < -0.39 is 47.2 Å². The van der Waals surface area contributed by atoms with Gasteiger partial charge in [0.05, 0.1) is 13.2 Å². The fourth-order valence-corrected chi connectivity index (χ4v) is 3.20. The summed E-state index contributed by atoms with van der Waals surface area (Å²) < 4.78 is 34.4. The van der Waals surface area contributed by atoms with Crippen molar-refractivity contribution >= 4 is 0 Å². The first-order valence-electron chi connectivity index (χ1n) is 8.92. The van der Waals surface area contributed by atoms with Gasteiger partial charge in [-0.2, -0.15) is 0 Å². The maximum absolute atomic E-state index is 10.7. The van der Waals surface area contributed by atoms with Crippen LogP contribution < -0.4 is 0 Å². The lowest BCUT2D eigenvalue weighted by Gasteiger charge is -2.52. The van der Waals surface area contributed by atoms with Crippen LogP contribution >= 0.6 is 0 Å². The van der Waals surface area contributed by atoms with Crippen LogP contribution in [0.3, 0.4) is 0 Å². The topological polar surface area (TPSA) is 95.8 Å². The van der Waals surface area contributed by atoms with Crippen molar-refractivity contribution in [1.82, 2.24) is 0 Å². The van der Waals surface area contributed by atoms with E-state index in [2.05, 4.69) is 0 Å². The fourth-order valence-electron chi connectivity index (χ4n) is 3.20. The third kappa shape index (κ3) is 3.66. The summed E-state index contributed by atoms with van der Waals surface area (Å²) in [7, 11) is 3.06. The van der Waals surface area contributed by atoms with Gasteiger partial charge in [0.2, 0.25) is 0 Å². The van der Waals surface area contributed by atoms with Gasteiger partial charge < -0.3 is 38.6 Å². The van der Waals surface area contributed by atoms with Crippen molar-refractivity contribution < 1.29 is 38.6 Å². The molecule has 2 N–H and O–H groups in total. The molecule has 2 unspecified atom stereocenters. The average Bonchev–Trinajstić information content (AvgIpc) is 2.58. The normalized spacial score (nSPS) is 42.2. The number of rotatable bonds is 5. The predicted molar refractivity (Wildman–Crippen MR) is 92.6 cm³/mol. The maximum atomic E-state index is 10.7. The number of ether oxygens (including phenoxy) is 6. The van der Waals surface area contributed by atoms with E-state index in [9.17, 15) is 10.2 Å². The molecule has 154 valence electrons. The summed E-state index contributed by atoms with van der Waals surface area (Å²) in [6.45, 7) is 11.0. The van der Waals surface area contributed by atoms with Crippen molar-refractivity contribution in [1.29, 1.82) is 0 Å². The highest BCUT2D eigenvalue weighted by atomic mass is 16.8. The van der Waals surface area contributed by atoms with Crippen LogP contribution in [0.2, 0.25) is 0 Å². The largest absolute Gasteiger partial charge is 0.388 e. The smallest absolute Gasteiger partial charge is 0.194 e. The Morgan fingerprint density at radius 1 is 0.731 bits per heavy atom. The Morgan fingerprint density at radius 3 is 1.65 bits per heavy atom. The van der Waals surface area contributed by atoms with E-state index in [1.54, 1.807) is 13.8 Å². The molecule has 0 spiro atoms. The molecule has 0 bridgehead atoms. The molecule has 2 fully saturated rings. The van der Waals surface area contributed by atoms with Gasteiger partial charge in [0.15, 0.2) is 11.6 Å². The van der Waals surface area contributed by atoms with E-state index in [0.29, 0.717) is 0 Å². The van der Waals surface area contributed by atoms with E-state index in [4.69, 9.17) is 28.4 Å². The van der Waals surface area contributed by atoms with Crippen LogP contribution in [0.25, 0.3) is 0 Å². The molecule has 26 heavy (non-hydrogen) atoms. The molecular formula is C18H34O8. The molecule has 2 aliphatic heterocycles. The summed E-state index contributed by atoms with van der Waals surface area (Å²) in [6.07, 6.45) is -3.98. The molecule has 2 heterocycles. The first-order valence-corrected chi connectivity index (χ1v) is 8.92. The van der Waals surface area contributed by atoms with Gasteiger partial charge in [-0.1, -0.05) is 0 Å². The van der Waals surface area contributed by atoms with Crippen LogP contribution in [0.15, 0.2) is 0 Å². The third-order valence-corrected chi connectivity index (χ3v) is 6.03. The van der Waals surface area contributed by atoms with Gasteiger partial charge in [0, 0.05) is 14.2 Å². The zero-order chi connectivity index (χ0) is 20.0. The monoisotopic (exact) mass is 378 g/mol. The molecule has 0 amide bonds. The van der Waals surface area contributed by atoms with Crippen LogP contribution in [0.1, 0.15) is 41.5 Å². The summed E-state index contributed by atoms with van der Waals surface area (Å²) in [5.74, 6) is -2.01. The maximum Gasteiger partial charge on any atom is 0.194 e. The van der Waals surface area contributed by atoms with E-state index in [-0.39, 0.29) is 13.2 Å². The molecule has 8 nitrogen and oxygen atoms in total. The number of methoxy groups -OCH3 is 2. The summed E-state index contributed by atoms with van der Waals surface area (Å²) >= 11 is 0. The van der Waals surface area contributed by atoms with Gasteiger partial charge in [-0.05, 0) is 41.5 Å². The Bertz CT molecular complexity index is 496. The number of aliphatic hydroxyl groups is 2. The predicted octanol–water partition coefficient (Wildman–Crippen LogP) is 0.821. The second-order valence-corrected chi connectivity index (χ2v) is 8.24. The number of hydrogen-bond acceptors (Lipinski definition) is 8. The van der Waals surface area contributed by atoms with Gasteiger partial charge in [0.25, 0.3) is 0 Å². The molecule has 8 heteroatoms. The van der Waals surface area contributed by atoms with Crippen molar-refractivity contribution in [3.05, 3.63) is 0 Å². The lowest BCUT2D eigenvalue weighted by Crippen LogP contribution is -2.66. The van der Waals surface area contributed by atoms with Crippen molar-refractivity contribution in [3.63, 3.8) is 0 Å². The van der Waals surface area contributed by atoms with E-state index in [1.165, 1.54) is 14.2 Å². The van der Waals surface area contributed by atoms with Gasteiger partial charge in [0.1, 0.15) is 35.6 Å². The molecular weight excluding hydrogens is 344 g/mol. The average molecular weight is 378 g/mol. The Kier molecular flexibility index (Phi) is 6.13. The van der Waals surface area contributed by atoms with Crippen molar-refractivity contribution in [3.8, 4) is 0 Å². The molecule has 0 radical (unpaired) electrons. The quantitative estimate of drug-likeness (QED) is 0.726. The minimum atomic E-state index is -1.24. The van der Waals surface area contributed by atoms with Crippen LogP contribution in [-0.2, 0) is 28.4 Å². The standard InChI is InChI=1S/C18H34O8/c1-15(2)18(6,22-8)26-12(9-23-15)14(20)13(19)11-10-24-17(5,21-7)16(3,4)25-11/h11-14,19-20H,9-10H2,1-8H3/t11-,12-,13-,14-,17?,18?/m1/s1. The molecule has 0 aliphatic carbocycles. The summed E-state index contributed by atoms with van der Waals surface area (Å²) in [6, 6.07) is 0. The van der Waals surface area contributed by atoms with E-state index in [0.717, 1.165) is 0 Å². The zero-order valence-corrected chi connectivity index (χ0v) is 17.1. The van der Waals surface area contributed by atoms with Crippen LogP contribution in [0, 0.1) is 0 Å². The Morgan fingerprint density at radius 2 is 1.19 bits per heavy atom. The molecule has 6 atom stereocenters. The summed E-state index contributed by atoms with van der Waals surface area (Å²) in [4.78, 5) is 0. The summed E-state index contributed by atoms with van der Waals surface area (Å²) in [5.41, 5.74) is -1.52. The molecule has 2 saturated heterocycles. The highest BCUT2D eigenvalue weighted by Gasteiger charge is 2.54. The molecule has 0 aromatic heterocycles. The second kappa shape index (κ2) is 7.25. The summed E-state index contributed by atoms with van der Waals surface area (Å²) in [5, 5.41) is 21.3. The first-order chi connectivity index (χ1) is 11.8. The number of aliphatic hydroxyl groups excluding tert-OH is 2. The van der Waals surface area contributed by atoms with Gasteiger partial charge in [-0.3, -0.25) is 0 Å². The first kappa shape index (κ1) is 22.0. The number of hydrogen-bond donors (Lipinski definition) is 2. The van der Waals surface area contributed by atoms with Crippen LogP contribution in [-0.4, -0.2) is 84.8 Å². The highest BCUT2D eigenvalue weighted by molar-refractivity contribution is 4.97. The van der Waals surface area contributed by atoms with E-state index in [1.807, 2.05) is 27.7 Å². The van der Waals surface area contributed by atoms with Gasteiger partial charge in [-0.25, -0.2) is 0 Å². The highest BCUT2D eigenvalue weighted by Crippen LogP contribution is 2.39. The van der Waals surface area contributed by atoms with E-state index >= 15 is 0 Å². The third-order valence-electron chi connectivity index (χ3n) is 6.03. The van der Waals surface area contributed by atoms with Crippen molar-refractivity contribution in [2.75, 3.05) is 27.4 Å². The molecule has 0 aromatic carbocycles. The molecule has 0 saturated carbocycles. The van der Waals surface area contributed by atoms with Crippen molar-refractivity contribution in [2.24, 2.45) is 0 Å². The molecule has 2 aliphatic rings. The Hall–Kier alpha value is -0.320. The lowest BCUT2D eigenvalue weighted by molar-refractivity contribution is -0.386. The molecule has 2 rings (SSSR count). The minimum Gasteiger partial charge on any atom is -0.388 e. The second-order valence-electron chi connectivity index (χ2n) is 8.24.